The number of hydrogen-bond donors (Lipinski definition) is 0. The molecule has 59 valence electrons. The van der Waals surface area contributed by atoms with Crippen LogP contribution in [0.1, 0.15) is 5.56 Å². The van der Waals surface area contributed by atoms with Crippen molar-refractivity contribution >= 4 is 5.69 Å². The molecule has 0 bridgehead atoms. The molecule has 1 aromatic carbocycles. The second kappa shape index (κ2) is 3.39. The normalized spacial score (nSPS) is 9.73. The lowest BCUT2D eigenvalue weighted by Gasteiger charge is -2.11. The third-order valence-electron chi connectivity index (χ3n) is 1.66. The van der Waals surface area contributed by atoms with Crippen LogP contribution in [0.15, 0.2) is 24.3 Å². The van der Waals surface area contributed by atoms with Crippen molar-refractivity contribution in [2.75, 3.05) is 19.0 Å². The molecule has 0 aliphatic heterocycles. The highest BCUT2D eigenvalue weighted by Gasteiger charge is 1.93. The fourth-order valence-electron chi connectivity index (χ4n) is 0.912. The summed E-state index contributed by atoms with van der Waals surface area (Å²) < 4.78 is 0. The van der Waals surface area contributed by atoms with Crippen LogP contribution in [0.2, 0.25) is 0 Å². The average Bonchev–Trinajstić information content (AvgIpc) is 2.05. The molecule has 0 saturated heterocycles. The molecule has 0 spiro atoms. The van der Waals surface area contributed by atoms with Crippen LogP contribution in [-0.2, 0) is 6.54 Å². The van der Waals surface area contributed by atoms with Crippen molar-refractivity contribution in [2.45, 2.75) is 6.54 Å². The highest BCUT2D eigenvalue weighted by Crippen LogP contribution is 2.11. The molecule has 1 radical (unpaired) electrons. The van der Waals surface area contributed by atoms with Gasteiger partial charge in [0, 0.05) is 26.3 Å². The van der Waals surface area contributed by atoms with Gasteiger partial charge in [-0.2, -0.15) is 0 Å². The average molecular weight is 149 g/mol. The van der Waals surface area contributed by atoms with Crippen LogP contribution in [-0.4, -0.2) is 14.1 Å². The quantitative estimate of drug-likeness (QED) is 0.626. The van der Waals surface area contributed by atoms with Gasteiger partial charge in [0.1, 0.15) is 0 Å². The Morgan fingerprint density at radius 2 is 1.73 bits per heavy atom. The predicted molar refractivity (Wildman–Crippen MR) is 47.6 cm³/mol. The molecule has 0 aromatic heterocycles. The largest absolute Gasteiger partial charge is 0.378 e. The third-order valence-corrected chi connectivity index (χ3v) is 1.66. The number of rotatable bonds is 2. The molecule has 0 unspecified atom stereocenters. The molecule has 0 fully saturated rings. The number of nitrogens with zero attached hydrogens (tertiary/aromatic N) is 1. The van der Waals surface area contributed by atoms with Crippen LogP contribution in [0.5, 0.6) is 0 Å². The molecule has 0 amide bonds. The molecular weight excluding hydrogens is 136 g/mol. The molecule has 2 nitrogen and oxygen atoms in total. The Balaban J connectivity index is 2.83. The topological polar surface area (TPSA) is 27.0 Å². The van der Waals surface area contributed by atoms with Crippen LogP contribution in [0.4, 0.5) is 5.69 Å². The second-order valence-corrected chi connectivity index (χ2v) is 2.74. The monoisotopic (exact) mass is 149 g/mol. The molecule has 1 N–H and O–H groups in total. The van der Waals surface area contributed by atoms with Crippen LogP contribution < -0.4 is 10.6 Å². The van der Waals surface area contributed by atoms with Gasteiger partial charge in [0.15, 0.2) is 0 Å². The van der Waals surface area contributed by atoms with Gasteiger partial charge < -0.3 is 4.90 Å². The summed E-state index contributed by atoms with van der Waals surface area (Å²) in [6.07, 6.45) is 0. The van der Waals surface area contributed by atoms with E-state index in [1.807, 2.05) is 43.3 Å². The van der Waals surface area contributed by atoms with Crippen molar-refractivity contribution in [3.05, 3.63) is 29.8 Å². The summed E-state index contributed by atoms with van der Waals surface area (Å²) in [7, 11) is 4.02. The van der Waals surface area contributed by atoms with Gasteiger partial charge in [-0.05, 0) is 17.7 Å². The first-order valence-electron chi connectivity index (χ1n) is 3.65. The van der Waals surface area contributed by atoms with Gasteiger partial charge >= 0.3 is 0 Å². The van der Waals surface area contributed by atoms with Crippen molar-refractivity contribution in [2.24, 2.45) is 0 Å². The lowest BCUT2D eigenvalue weighted by molar-refractivity contribution is 1.02. The zero-order valence-electron chi connectivity index (χ0n) is 6.96. The van der Waals surface area contributed by atoms with E-state index < -0.39 is 0 Å². The molecule has 0 atom stereocenters. The SMILES string of the molecule is CN(C)c1ccc(C[NH])cc1. The van der Waals surface area contributed by atoms with E-state index in [0.717, 1.165) is 5.56 Å². The third kappa shape index (κ3) is 1.95. The molecule has 0 aliphatic carbocycles. The first-order valence-corrected chi connectivity index (χ1v) is 3.65. The van der Waals surface area contributed by atoms with E-state index in [-0.39, 0.29) is 0 Å². The minimum Gasteiger partial charge on any atom is -0.378 e. The molecule has 0 saturated carbocycles. The van der Waals surface area contributed by atoms with E-state index in [9.17, 15) is 0 Å². The highest BCUT2D eigenvalue weighted by atomic mass is 15.1. The first-order chi connectivity index (χ1) is 5.24. The summed E-state index contributed by atoms with van der Waals surface area (Å²) in [6.45, 7) is 0.369. The Morgan fingerprint density at radius 3 is 2.09 bits per heavy atom. The lowest BCUT2D eigenvalue weighted by atomic mass is 10.2. The van der Waals surface area contributed by atoms with Crippen LogP contribution in [0.3, 0.4) is 0 Å². The summed E-state index contributed by atoms with van der Waals surface area (Å²) in [4.78, 5) is 2.05. The molecule has 0 aliphatic rings. The number of benzene rings is 1. The second-order valence-electron chi connectivity index (χ2n) is 2.74. The Hall–Kier alpha value is -1.02. The molecule has 11 heavy (non-hydrogen) atoms. The minimum atomic E-state index is 0.369. The predicted octanol–water partition coefficient (Wildman–Crippen LogP) is 1.54. The molecule has 0 heterocycles. The Kier molecular flexibility index (Phi) is 2.49. The molecule has 1 aromatic rings. The van der Waals surface area contributed by atoms with Gasteiger partial charge in [-0.25, -0.2) is 0 Å². The van der Waals surface area contributed by atoms with Crippen molar-refractivity contribution in [1.82, 2.24) is 5.73 Å². The summed E-state index contributed by atoms with van der Waals surface area (Å²) in [5.74, 6) is 0. The fourth-order valence-corrected chi connectivity index (χ4v) is 0.912. The summed E-state index contributed by atoms with van der Waals surface area (Å²) >= 11 is 0. The Morgan fingerprint density at radius 1 is 1.18 bits per heavy atom. The zero-order valence-corrected chi connectivity index (χ0v) is 6.96. The standard InChI is InChI=1S/C9H13N2/c1-11(2)9-5-3-8(7-10)4-6-9/h3-6,10H,7H2,1-2H3. The summed E-state index contributed by atoms with van der Waals surface area (Å²) in [6, 6.07) is 8.04. The highest BCUT2D eigenvalue weighted by molar-refractivity contribution is 5.45. The van der Waals surface area contributed by atoms with Crippen LogP contribution in [0, 0.1) is 0 Å². The van der Waals surface area contributed by atoms with E-state index in [1.165, 1.54) is 5.69 Å². The molecule has 1 rings (SSSR count). The van der Waals surface area contributed by atoms with E-state index in [4.69, 9.17) is 5.73 Å². The molecular formula is C9H13N2. The first kappa shape index (κ1) is 8.08. The van der Waals surface area contributed by atoms with Gasteiger partial charge in [0.05, 0.1) is 0 Å². The molecule has 2 heteroatoms. The smallest absolute Gasteiger partial charge is 0.0361 e. The van der Waals surface area contributed by atoms with E-state index in [2.05, 4.69) is 0 Å². The number of nitrogens with one attached hydrogen (secondary N) is 1. The zero-order chi connectivity index (χ0) is 8.27. The maximum Gasteiger partial charge on any atom is 0.0361 e. The van der Waals surface area contributed by atoms with Gasteiger partial charge in [-0.3, -0.25) is 5.73 Å². The number of anilines is 1. The van der Waals surface area contributed by atoms with E-state index in [1.54, 1.807) is 0 Å². The van der Waals surface area contributed by atoms with Crippen molar-refractivity contribution in [1.29, 1.82) is 0 Å². The van der Waals surface area contributed by atoms with E-state index in [0.29, 0.717) is 6.54 Å². The lowest BCUT2D eigenvalue weighted by Crippen LogP contribution is -2.08. The Labute approximate surface area is 67.6 Å². The van der Waals surface area contributed by atoms with E-state index >= 15 is 0 Å². The van der Waals surface area contributed by atoms with Crippen molar-refractivity contribution < 1.29 is 0 Å². The summed E-state index contributed by atoms with van der Waals surface area (Å²) in [5, 5.41) is 0. The van der Waals surface area contributed by atoms with Crippen molar-refractivity contribution in [3.8, 4) is 0 Å². The van der Waals surface area contributed by atoms with Crippen LogP contribution >= 0.6 is 0 Å². The minimum absolute atomic E-state index is 0.369. The maximum atomic E-state index is 7.11. The van der Waals surface area contributed by atoms with Gasteiger partial charge in [-0.15, -0.1) is 0 Å². The van der Waals surface area contributed by atoms with Gasteiger partial charge in [0.2, 0.25) is 0 Å². The van der Waals surface area contributed by atoms with Gasteiger partial charge in [0.25, 0.3) is 0 Å². The van der Waals surface area contributed by atoms with Crippen LogP contribution in [0.25, 0.3) is 0 Å². The van der Waals surface area contributed by atoms with Crippen molar-refractivity contribution in [3.63, 3.8) is 0 Å². The number of hydrogen-bond acceptors (Lipinski definition) is 1. The van der Waals surface area contributed by atoms with Gasteiger partial charge in [-0.1, -0.05) is 12.1 Å². The fraction of sp³-hybridized carbons (Fsp3) is 0.333. The summed E-state index contributed by atoms with van der Waals surface area (Å²) in [5.41, 5.74) is 9.36. The maximum absolute atomic E-state index is 7.11. The Bertz CT molecular complexity index is 214.